The first-order chi connectivity index (χ1) is 10.00. The molecule has 0 spiro atoms. The summed E-state index contributed by atoms with van der Waals surface area (Å²) in [5.41, 5.74) is 4.26. The summed E-state index contributed by atoms with van der Waals surface area (Å²) in [6.07, 6.45) is 0. The third kappa shape index (κ3) is 3.27. The average Bonchev–Trinajstić information content (AvgIpc) is 2.37. The highest BCUT2D eigenvalue weighted by Gasteiger charge is 2.27. The second-order valence-corrected chi connectivity index (χ2v) is 7.96. The van der Waals surface area contributed by atoms with Crippen LogP contribution in [0.4, 0.5) is 0 Å². The molecule has 2 aromatic carbocycles. The molecular weight excluding hydrogens is 272 g/mol. The van der Waals surface area contributed by atoms with Crippen LogP contribution in [0.3, 0.4) is 0 Å². The molecule has 0 aliphatic heterocycles. The van der Waals surface area contributed by atoms with Gasteiger partial charge in [0.05, 0.1) is 0 Å². The van der Waals surface area contributed by atoms with E-state index in [9.17, 15) is 10.2 Å². The minimum absolute atomic E-state index is 0.0913. The van der Waals surface area contributed by atoms with Crippen molar-refractivity contribution < 1.29 is 10.2 Å². The molecule has 0 aliphatic carbocycles. The number of aromatic hydroxyl groups is 2. The standard InChI is InChI=1S/C20H26O2/c1-19(2,3)16-11-15(22)12-17(20(4,5)6)18(16)13-7-9-14(21)10-8-13/h7-12,21-22H,1-6H3. The highest BCUT2D eigenvalue weighted by molar-refractivity contribution is 5.75. The van der Waals surface area contributed by atoms with Crippen molar-refractivity contribution in [1.29, 1.82) is 0 Å². The summed E-state index contributed by atoms with van der Waals surface area (Å²) < 4.78 is 0. The van der Waals surface area contributed by atoms with Crippen LogP contribution >= 0.6 is 0 Å². The van der Waals surface area contributed by atoms with Gasteiger partial charge in [-0.25, -0.2) is 0 Å². The predicted molar refractivity (Wildman–Crippen MR) is 92.6 cm³/mol. The molecule has 2 N–H and O–H groups in total. The molecular formula is C20H26O2. The van der Waals surface area contributed by atoms with Gasteiger partial charge >= 0.3 is 0 Å². The smallest absolute Gasteiger partial charge is 0.116 e. The topological polar surface area (TPSA) is 40.5 Å². The van der Waals surface area contributed by atoms with Gasteiger partial charge in [-0.2, -0.15) is 0 Å². The lowest BCUT2D eigenvalue weighted by molar-refractivity contribution is 0.466. The lowest BCUT2D eigenvalue weighted by Gasteiger charge is -2.30. The number of hydrogen-bond acceptors (Lipinski definition) is 2. The summed E-state index contributed by atoms with van der Waals surface area (Å²) in [4.78, 5) is 0. The van der Waals surface area contributed by atoms with Crippen LogP contribution in [-0.4, -0.2) is 10.2 Å². The molecule has 2 aromatic rings. The van der Waals surface area contributed by atoms with E-state index in [0.29, 0.717) is 5.75 Å². The largest absolute Gasteiger partial charge is 0.508 e. The van der Waals surface area contributed by atoms with Gasteiger partial charge in [-0.1, -0.05) is 53.7 Å². The van der Waals surface area contributed by atoms with E-state index in [1.165, 1.54) is 0 Å². The molecule has 2 rings (SSSR count). The van der Waals surface area contributed by atoms with Gasteiger partial charge < -0.3 is 10.2 Å². The molecule has 2 heteroatoms. The predicted octanol–water partition coefficient (Wildman–Crippen LogP) is 5.36. The van der Waals surface area contributed by atoms with Crippen LogP contribution in [0.15, 0.2) is 36.4 Å². The van der Waals surface area contributed by atoms with Gasteiger partial charge in [0.15, 0.2) is 0 Å². The lowest BCUT2D eigenvalue weighted by Crippen LogP contribution is -2.19. The first kappa shape index (κ1) is 16.4. The molecule has 2 nitrogen and oxygen atoms in total. The molecule has 0 saturated heterocycles. The average molecular weight is 298 g/mol. The van der Waals surface area contributed by atoms with Gasteiger partial charge in [-0.15, -0.1) is 0 Å². The minimum atomic E-state index is -0.0913. The maximum absolute atomic E-state index is 10.2. The summed E-state index contributed by atoms with van der Waals surface area (Å²) in [6, 6.07) is 11.0. The third-order valence-electron chi connectivity index (χ3n) is 3.90. The van der Waals surface area contributed by atoms with Crippen LogP contribution in [0, 0.1) is 0 Å². The van der Waals surface area contributed by atoms with Gasteiger partial charge in [-0.3, -0.25) is 0 Å². The zero-order chi connectivity index (χ0) is 16.7. The highest BCUT2D eigenvalue weighted by Crippen LogP contribution is 2.42. The fraction of sp³-hybridized carbons (Fsp3) is 0.400. The van der Waals surface area contributed by atoms with Crippen molar-refractivity contribution in [1.82, 2.24) is 0 Å². The minimum Gasteiger partial charge on any atom is -0.508 e. The van der Waals surface area contributed by atoms with Crippen LogP contribution in [0.5, 0.6) is 11.5 Å². The summed E-state index contributed by atoms with van der Waals surface area (Å²) >= 11 is 0. The molecule has 0 heterocycles. The number of hydrogen-bond donors (Lipinski definition) is 2. The van der Waals surface area contributed by atoms with E-state index in [1.807, 2.05) is 24.3 Å². The van der Waals surface area contributed by atoms with E-state index < -0.39 is 0 Å². The van der Waals surface area contributed by atoms with Crippen LogP contribution in [0.1, 0.15) is 52.7 Å². The Morgan fingerprint density at radius 3 is 1.41 bits per heavy atom. The second-order valence-electron chi connectivity index (χ2n) is 7.96. The molecule has 0 amide bonds. The Morgan fingerprint density at radius 1 is 0.636 bits per heavy atom. The fourth-order valence-corrected chi connectivity index (χ4v) is 2.75. The Labute approximate surface area is 133 Å². The molecule has 0 unspecified atom stereocenters. The van der Waals surface area contributed by atoms with E-state index in [1.54, 1.807) is 12.1 Å². The fourth-order valence-electron chi connectivity index (χ4n) is 2.75. The van der Waals surface area contributed by atoms with Crippen LogP contribution in [-0.2, 0) is 10.8 Å². The Kier molecular flexibility index (Phi) is 3.99. The Hall–Kier alpha value is -1.96. The highest BCUT2D eigenvalue weighted by atomic mass is 16.3. The Balaban J connectivity index is 2.86. The van der Waals surface area contributed by atoms with Crippen LogP contribution in [0.25, 0.3) is 11.1 Å². The molecule has 0 saturated carbocycles. The molecule has 0 radical (unpaired) electrons. The summed E-state index contributed by atoms with van der Waals surface area (Å²) in [6.45, 7) is 12.9. The van der Waals surface area contributed by atoms with Gasteiger partial charge in [0.25, 0.3) is 0 Å². The third-order valence-corrected chi connectivity index (χ3v) is 3.90. The van der Waals surface area contributed by atoms with Crippen molar-refractivity contribution in [3.63, 3.8) is 0 Å². The van der Waals surface area contributed by atoms with Gasteiger partial charge in [0, 0.05) is 0 Å². The van der Waals surface area contributed by atoms with E-state index in [4.69, 9.17) is 0 Å². The number of rotatable bonds is 1. The van der Waals surface area contributed by atoms with Gasteiger partial charge in [-0.05, 0) is 57.3 Å². The maximum Gasteiger partial charge on any atom is 0.116 e. The van der Waals surface area contributed by atoms with Gasteiger partial charge in [0.2, 0.25) is 0 Å². The van der Waals surface area contributed by atoms with Crippen molar-refractivity contribution in [2.75, 3.05) is 0 Å². The van der Waals surface area contributed by atoms with Crippen LogP contribution < -0.4 is 0 Å². The molecule has 0 aromatic heterocycles. The number of phenols is 2. The Bertz CT molecular complexity index is 633. The van der Waals surface area contributed by atoms with Crippen molar-refractivity contribution in [3.8, 4) is 22.6 Å². The monoisotopic (exact) mass is 298 g/mol. The maximum atomic E-state index is 10.2. The normalized spacial score (nSPS) is 12.5. The molecule has 22 heavy (non-hydrogen) atoms. The summed E-state index contributed by atoms with van der Waals surface area (Å²) in [7, 11) is 0. The Morgan fingerprint density at radius 2 is 1.05 bits per heavy atom. The van der Waals surface area contributed by atoms with E-state index in [-0.39, 0.29) is 16.6 Å². The molecule has 0 bridgehead atoms. The first-order valence-corrected chi connectivity index (χ1v) is 7.67. The van der Waals surface area contributed by atoms with E-state index >= 15 is 0 Å². The van der Waals surface area contributed by atoms with E-state index in [0.717, 1.165) is 22.3 Å². The SMILES string of the molecule is CC(C)(C)c1cc(O)cc(C(C)(C)C)c1-c1ccc(O)cc1. The molecule has 0 aliphatic rings. The van der Waals surface area contributed by atoms with Crippen molar-refractivity contribution in [3.05, 3.63) is 47.5 Å². The molecule has 0 atom stereocenters. The zero-order valence-corrected chi connectivity index (χ0v) is 14.4. The molecule has 0 fully saturated rings. The van der Waals surface area contributed by atoms with Gasteiger partial charge in [0.1, 0.15) is 11.5 Å². The first-order valence-electron chi connectivity index (χ1n) is 7.67. The zero-order valence-electron chi connectivity index (χ0n) is 14.4. The second kappa shape index (κ2) is 5.35. The summed E-state index contributed by atoms with van der Waals surface area (Å²) in [5.74, 6) is 0.564. The van der Waals surface area contributed by atoms with Crippen molar-refractivity contribution >= 4 is 0 Å². The van der Waals surface area contributed by atoms with E-state index in [2.05, 4.69) is 41.5 Å². The van der Waals surface area contributed by atoms with Crippen LogP contribution in [0.2, 0.25) is 0 Å². The molecule has 118 valence electrons. The van der Waals surface area contributed by atoms with Crippen molar-refractivity contribution in [2.24, 2.45) is 0 Å². The number of phenolic OH excluding ortho intramolecular Hbond substituents is 2. The lowest BCUT2D eigenvalue weighted by atomic mass is 9.74. The quantitative estimate of drug-likeness (QED) is 0.744. The summed E-state index contributed by atoms with van der Waals surface area (Å²) in [5, 5.41) is 19.8. The van der Waals surface area contributed by atoms with Crippen molar-refractivity contribution in [2.45, 2.75) is 52.4 Å². The number of benzene rings is 2.